The Morgan fingerprint density at radius 1 is 1.28 bits per heavy atom. The van der Waals surface area contributed by atoms with Crippen molar-refractivity contribution < 1.29 is 4.79 Å². The van der Waals surface area contributed by atoms with Crippen molar-refractivity contribution in [2.24, 2.45) is 17.6 Å². The Hall–Kier alpha value is -0.650. The van der Waals surface area contributed by atoms with E-state index in [1.54, 1.807) is 0 Å². The van der Waals surface area contributed by atoms with Crippen LogP contribution >= 0.6 is 0 Å². The lowest BCUT2D eigenvalue weighted by molar-refractivity contribution is -0.126. The standard InChI is InChI=1S/C13H28N4O/c1-11(2)12(10-14)13(18)15-4-5-17-8-6-16(3)7-9-17/h11-12H,4-10,14H2,1-3H3,(H,15,18). The van der Waals surface area contributed by atoms with Crippen molar-refractivity contribution in [3.8, 4) is 0 Å². The zero-order valence-electron chi connectivity index (χ0n) is 12.0. The number of nitrogens with zero attached hydrogens (tertiary/aromatic N) is 2. The summed E-state index contributed by atoms with van der Waals surface area (Å²) in [7, 11) is 2.15. The Labute approximate surface area is 111 Å². The van der Waals surface area contributed by atoms with Crippen molar-refractivity contribution in [1.82, 2.24) is 15.1 Å². The molecule has 1 aliphatic heterocycles. The first-order valence-corrected chi connectivity index (χ1v) is 6.93. The van der Waals surface area contributed by atoms with Crippen LogP contribution in [0.3, 0.4) is 0 Å². The molecule has 0 aliphatic carbocycles. The number of likely N-dealkylation sites (N-methyl/N-ethyl adjacent to an activating group) is 1. The molecule has 1 fully saturated rings. The SMILES string of the molecule is CC(C)C(CN)C(=O)NCCN1CCN(C)CC1. The number of piperazine rings is 1. The molecule has 0 aromatic heterocycles. The molecule has 1 amide bonds. The third-order valence-corrected chi connectivity index (χ3v) is 3.72. The summed E-state index contributed by atoms with van der Waals surface area (Å²) in [5.41, 5.74) is 5.63. The second kappa shape index (κ2) is 7.71. The summed E-state index contributed by atoms with van der Waals surface area (Å²) >= 11 is 0. The van der Waals surface area contributed by atoms with Gasteiger partial charge in [-0.05, 0) is 13.0 Å². The van der Waals surface area contributed by atoms with Crippen molar-refractivity contribution >= 4 is 5.91 Å². The predicted octanol–water partition coefficient (Wildman–Crippen LogP) is -0.419. The van der Waals surface area contributed by atoms with Gasteiger partial charge in [-0.25, -0.2) is 0 Å². The number of carbonyl (C=O) groups is 1. The van der Waals surface area contributed by atoms with Gasteiger partial charge in [-0.2, -0.15) is 0 Å². The molecule has 18 heavy (non-hydrogen) atoms. The van der Waals surface area contributed by atoms with E-state index >= 15 is 0 Å². The number of rotatable bonds is 6. The molecule has 0 radical (unpaired) electrons. The maximum atomic E-state index is 11.9. The fourth-order valence-corrected chi connectivity index (χ4v) is 2.22. The van der Waals surface area contributed by atoms with E-state index in [-0.39, 0.29) is 11.8 Å². The number of hydrogen-bond acceptors (Lipinski definition) is 4. The highest BCUT2D eigenvalue weighted by molar-refractivity contribution is 5.79. The summed E-state index contributed by atoms with van der Waals surface area (Å²) in [6.45, 7) is 10.6. The quantitative estimate of drug-likeness (QED) is 0.678. The highest BCUT2D eigenvalue weighted by Gasteiger charge is 2.20. The van der Waals surface area contributed by atoms with Gasteiger partial charge in [0.25, 0.3) is 0 Å². The molecule has 5 heteroatoms. The maximum absolute atomic E-state index is 11.9. The third kappa shape index (κ3) is 4.92. The summed E-state index contributed by atoms with van der Waals surface area (Å²) in [6, 6.07) is 0. The number of amides is 1. The first-order valence-electron chi connectivity index (χ1n) is 6.93. The van der Waals surface area contributed by atoms with Crippen molar-refractivity contribution in [2.75, 3.05) is 52.9 Å². The summed E-state index contributed by atoms with van der Waals surface area (Å²) in [5.74, 6) is 0.345. The second-order valence-electron chi connectivity index (χ2n) is 5.52. The van der Waals surface area contributed by atoms with Crippen LogP contribution in [0.25, 0.3) is 0 Å². The van der Waals surface area contributed by atoms with Gasteiger partial charge in [-0.15, -0.1) is 0 Å². The summed E-state index contributed by atoms with van der Waals surface area (Å²) in [4.78, 5) is 16.6. The first kappa shape index (κ1) is 15.4. The highest BCUT2D eigenvalue weighted by Crippen LogP contribution is 2.08. The number of carbonyl (C=O) groups excluding carboxylic acids is 1. The van der Waals surface area contributed by atoms with Gasteiger partial charge in [-0.3, -0.25) is 9.69 Å². The largest absolute Gasteiger partial charge is 0.355 e. The van der Waals surface area contributed by atoms with E-state index in [1.165, 1.54) is 0 Å². The molecule has 5 nitrogen and oxygen atoms in total. The fraction of sp³-hybridized carbons (Fsp3) is 0.923. The zero-order chi connectivity index (χ0) is 13.5. The molecule has 1 atom stereocenters. The van der Waals surface area contributed by atoms with E-state index < -0.39 is 0 Å². The van der Waals surface area contributed by atoms with Crippen LogP contribution in [-0.2, 0) is 4.79 Å². The van der Waals surface area contributed by atoms with Gasteiger partial charge >= 0.3 is 0 Å². The second-order valence-corrected chi connectivity index (χ2v) is 5.52. The number of nitrogens with two attached hydrogens (primary N) is 1. The zero-order valence-corrected chi connectivity index (χ0v) is 12.0. The third-order valence-electron chi connectivity index (χ3n) is 3.72. The topological polar surface area (TPSA) is 61.6 Å². The lowest BCUT2D eigenvalue weighted by Crippen LogP contribution is -2.47. The van der Waals surface area contributed by atoms with E-state index in [1.807, 2.05) is 13.8 Å². The smallest absolute Gasteiger partial charge is 0.224 e. The predicted molar refractivity (Wildman–Crippen MR) is 74.3 cm³/mol. The van der Waals surface area contributed by atoms with Gasteiger partial charge in [0.2, 0.25) is 5.91 Å². The minimum atomic E-state index is -0.0579. The Morgan fingerprint density at radius 3 is 2.39 bits per heavy atom. The molecular formula is C13H28N4O. The van der Waals surface area contributed by atoms with Crippen molar-refractivity contribution in [3.05, 3.63) is 0 Å². The molecule has 0 aromatic carbocycles. The summed E-state index contributed by atoms with van der Waals surface area (Å²) in [5, 5.41) is 3.00. The Balaban J connectivity index is 2.19. The maximum Gasteiger partial charge on any atom is 0.224 e. The number of hydrogen-bond donors (Lipinski definition) is 2. The Kier molecular flexibility index (Phi) is 6.60. The molecule has 0 aromatic rings. The lowest BCUT2D eigenvalue weighted by atomic mass is 9.95. The van der Waals surface area contributed by atoms with E-state index in [9.17, 15) is 4.79 Å². The van der Waals surface area contributed by atoms with Crippen LogP contribution in [0.2, 0.25) is 0 Å². The molecule has 1 aliphatic rings. The molecule has 0 saturated carbocycles. The van der Waals surface area contributed by atoms with Crippen LogP contribution in [0, 0.1) is 11.8 Å². The minimum Gasteiger partial charge on any atom is -0.355 e. The Morgan fingerprint density at radius 2 is 1.89 bits per heavy atom. The lowest BCUT2D eigenvalue weighted by Gasteiger charge is -2.32. The van der Waals surface area contributed by atoms with Gasteiger partial charge in [-0.1, -0.05) is 13.8 Å². The highest BCUT2D eigenvalue weighted by atomic mass is 16.1. The monoisotopic (exact) mass is 256 g/mol. The van der Waals surface area contributed by atoms with Gasteiger partial charge in [0.15, 0.2) is 0 Å². The van der Waals surface area contributed by atoms with Gasteiger partial charge < -0.3 is 16.0 Å². The van der Waals surface area contributed by atoms with Crippen LogP contribution in [0.1, 0.15) is 13.8 Å². The van der Waals surface area contributed by atoms with Gasteiger partial charge in [0.05, 0.1) is 5.92 Å². The number of nitrogens with one attached hydrogen (secondary N) is 1. The normalized spacial score (nSPS) is 20.1. The molecule has 1 rings (SSSR count). The molecule has 3 N–H and O–H groups in total. The fourth-order valence-electron chi connectivity index (χ4n) is 2.22. The van der Waals surface area contributed by atoms with E-state index in [4.69, 9.17) is 5.73 Å². The molecule has 1 unspecified atom stereocenters. The average Bonchev–Trinajstić information content (AvgIpc) is 2.32. The Bertz CT molecular complexity index is 249. The van der Waals surface area contributed by atoms with Crippen LogP contribution < -0.4 is 11.1 Å². The summed E-state index contributed by atoms with van der Waals surface area (Å²) in [6.07, 6.45) is 0. The van der Waals surface area contributed by atoms with Crippen molar-refractivity contribution in [1.29, 1.82) is 0 Å². The van der Waals surface area contributed by atoms with E-state index in [2.05, 4.69) is 22.2 Å². The molecule has 1 heterocycles. The molecular weight excluding hydrogens is 228 g/mol. The molecule has 0 spiro atoms. The van der Waals surface area contributed by atoms with Crippen LogP contribution in [0.15, 0.2) is 0 Å². The van der Waals surface area contributed by atoms with Gasteiger partial charge in [0, 0.05) is 45.8 Å². The van der Waals surface area contributed by atoms with Crippen LogP contribution in [-0.4, -0.2) is 68.6 Å². The first-order chi connectivity index (χ1) is 8.54. The van der Waals surface area contributed by atoms with Crippen molar-refractivity contribution in [3.63, 3.8) is 0 Å². The molecule has 1 saturated heterocycles. The molecule has 0 bridgehead atoms. The molecule has 106 valence electrons. The van der Waals surface area contributed by atoms with Gasteiger partial charge in [0.1, 0.15) is 0 Å². The van der Waals surface area contributed by atoms with E-state index in [0.717, 1.165) is 39.3 Å². The summed E-state index contributed by atoms with van der Waals surface area (Å²) < 4.78 is 0. The van der Waals surface area contributed by atoms with E-state index in [0.29, 0.717) is 12.5 Å². The van der Waals surface area contributed by atoms with Crippen molar-refractivity contribution in [2.45, 2.75) is 13.8 Å². The average molecular weight is 256 g/mol. The van der Waals surface area contributed by atoms with Crippen LogP contribution in [0.5, 0.6) is 0 Å². The minimum absolute atomic E-state index is 0.0579. The van der Waals surface area contributed by atoms with Crippen LogP contribution in [0.4, 0.5) is 0 Å².